The van der Waals surface area contributed by atoms with Gasteiger partial charge in [-0.15, -0.1) is 0 Å². The highest BCUT2D eigenvalue weighted by atomic mass is 16.5. The van der Waals surface area contributed by atoms with E-state index in [0.29, 0.717) is 0 Å². The summed E-state index contributed by atoms with van der Waals surface area (Å²) < 4.78 is 5.94. The Kier molecular flexibility index (Phi) is 4.80. The number of benzene rings is 2. The van der Waals surface area contributed by atoms with E-state index < -0.39 is 0 Å². The lowest BCUT2D eigenvalue weighted by atomic mass is 9.97. The average molecular weight is 269 g/mol. The summed E-state index contributed by atoms with van der Waals surface area (Å²) in [5.41, 5.74) is 4.96. The van der Waals surface area contributed by atoms with Crippen molar-refractivity contribution in [3.63, 3.8) is 0 Å². The van der Waals surface area contributed by atoms with Crippen molar-refractivity contribution in [2.45, 2.75) is 33.4 Å². The molecule has 106 valence electrons. The highest BCUT2D eigenvalue weighted by Crippen LogP contribution is 2.33. The Labute approximate surface area is 121 Å². The molecule has 2 nitrogen and oxygen atoms in total. The molecule has 0 spiro atoms. The highest BCUT2D eigenvalue weighted by molar-refractivity contribution is 5.73. The van der Waals surface area contributed by atoms with Crippen LogP contribution in [0.15, 0.2) is 42.5 Å². The first-order chi connectivity index (χ1) is 9.61. The molecule has 2 aromatic rings. The molecule has 0 bridgehead atoms. The van der Waals surface area contributed by atoms with Gasteiger partial charge in [0, 0.05) is 12.1 Å². The molecule has 0 heterocycles. The molecular weight excluding hydrogens is 246 g/mol. The predicted octanol–water partition coefficient (Wildman–Crippen LogP) is 4.17. The van der Waals surface area contributed by atoms with Crippen LogP contribution in [-0.2, 0) is 6.54 Å². The Bertz CT molecular complexity index is 575. The molecule has 0 saturated heterocycles. The molecule has 0 saturated carbocycles. The van der Waals surface area contributed by atoms with E-state index in [4.69, 9.17) is 4.74 Å². The molecule has 1 N–H and O–H groups in total. The first-order valence-corrected chi connectivity index (χ1v) is 7.12. The maximum Gasteiger partial charge on any atom is 0.127 e. The van der Waals surface area contributed by atoms with Crippen LogP contribution in [0.25, 0.3) is 11.1 Å². The number of para-hydroxylation sites is 1. The first kappa shape index (κ1) is 14.6. The molecule has 2 rings (SSSR count). The van der Waals surface area contributed by atoms with Crippen LogP contribution in [0.3, 0.4) is 0 Å². The van der Waals surface area contributed by atoms with Gasteiger partial charge in [0.15, 0.2) is 0 Å². The molecule has 0 aromatic heterocycles. The van der Waals surface area contributed by atoms with Gasteiger partial charge < -0.3 is 10.1 Å². The van der Waals surface area contributed by atoms with Gasteiger partial charge in [-0.2, -0.15) is 0 Å². The van der Waals surface area contributed by atoms with Crippen molar-refractivity contribution in [1.82, 2.24) is 5.32 Å². The minimum atomic E-state index is 0.178. The molecule has 0 unspecified atom stereocenters. The second kappa shape index (κ2) is 6.58. The lowest BCUT2D eigenvalue weighted by molar-refractivity contribution is 0.243. The van der Waals surface area contributed by atoms with E-state index in [1.165, 1.54) is 16.7 Å². The fraction of sp³-hybridized carbons (Fsp3) is 0.333. The molecule has 0 aliphatic rings. The summed E-state index contributed by atoms with van der Waals surface area (Å²) >= 11 is 0. The molecule has 0 atom stereocenters. The van der Waals surface area contributed by atoms with E-state index in [2.05, 4.69) is 56.4 Å². The number of hydrogen-bond donors (Lipinski definition) is 1. The van der Waals surface area contributed by atoms with Crippen molar-refractivity contribution in [2.24, 2.45) is 0 Å². The van der Waals surface area contributed by atoms with E-state index in [0.717, 1.165) is 17.9 Å². The minimum absolute atomic E-state index is 0.178. The Morgan fingerprint density at radius 3 is 2.50 bits per heavy atom. The van der Waals surface area contributed by atoms with Gasteiger partial charge in [-0.3, -0.25) is 0 Å². The fourth-order valence-corrected chi connectivity index (χ4v) is 2.32. The monoisotopic (exact) mass is 269 g/mol. The zero-order valence-electron chi connectivity index (χ0n) is 12.7. The zero-order chi connectivity index (χ0) is 14.5. The normalized spacial score (nSPS) is 10.8. The Morgan fingerprint density at radius 1 is 1.05 bits per heavy atom. The topological polar surface area (TPSA) is 21.3 Å². The van der Waals surface area contributed by atoms with Crippen LogP contribution in [0.5, 0.6) is 5.75 Å². The third-order valence-electron chi connectivity index (χ3n) is 3.22. The maximum absolute atomic E-state index is 5.94. The van der Waals surface area contributed by atoms with Gasteiger partial charge >= 0.3 is 0 Å². The number of ether oxygens (including phenoxy) is 1. The summed E-state index contributed by atoms with van der Waals surface area (Å²) in [7, 11) is 1.97. The lowest BCUT2D eigenvalue weighted by Gasteiger charge is -2.16. The van der Waals surface area contributed by atoms with Gasteiger partial charge in [-0.05, 0) is 56.6 Å². The van der Waals surface area contributed by atoms with Crippen molar-refractivity contribution in [3.8, 4) is 16.9 Å². The largest absolute Gasteiger partial charge is 0.490 e. The quantitative estimate of drug-likeness (QED) is 0.879. The van der Waals surface area contributed by atoms with Crippen molar-refractivity contribution < 1.29 is 4.74 Å². The summed E-state index contributed by atoms with van der Waals surface area (Å²) in [5, 5.41) is 3.20. The molecule has 0 fully saturated rings. The van der Waals surface area contributed by atoms with E-state index in [1.54, 1.807) is 0 Å². The number of rotatable bonds is 5. The Balaban J connectivity index is 2.47. The van der Waals surface area contributed by atoms with E-state index >= 15 is 0 Å². The van der Waals surface area contributed by atoms with Crippen molar-refractivity contribution in [2.75, 3.05) is 7.05 Å². The summed E-state index contributed by atoms with van der Waals surface area (Å²) in [5.74, 6) is 0.951. The van der Waals surface area contributed by atoms with Crippen LogP contribution < -0.4 is 10.1 Å². The number of hydrogen-bond acceptors (Lipinski definition) is 2. The number of aryl methyl sites for hydroxylation is 1. The van der Waals surface area contributed by atoms with Crippen molar-refractivity contribution >= 4 is 0 Å². The van der Waals surface area contributed by atoms with Gasteiger partial charge in [0.25, 0.3) is 0 Å². The van der Waals surface area contributed by atoms with Gasteiger partial charge in [0.1, 0.15) is 5.75 Å². The zero-order valence-corrected chi connectivity index (χ0v) is 12.7. The maximum atomic E-state index is 5.94. The summed E-state index contributed by atoms with van der Waals surface area (Å²) in [6.07, 6.45) is 0.178. The summed E-state index contributed by atoms with van der Waals surface area (Å²) in [6, 6.07) is 14.8. The average Bonchev–Trinajstić information content (AvgIpc) is 2.41. The molecule has 0 aliphatic heterocycles. The van der Waals surface area contributed by atoms with Gasteiger partial charge in [0.05, 0.1) is 6.10 Å². The van der Waals surface area contributed by atoms with Crippen LogP contribution in [0.4, 0.5) is 0 Å². The third kappa shape index (κ3) is 3.40. The smallest absolute Gasteiger partial charge is 0.127 e. The standard InChI is InChI=1S/C18H23NO/c1-13(2)20-18-8-6-5-7-16(18)17-11-15(12-19-4)10-9-14(17)3/h5-11,13,19H,12H2,1-4H3. The fourth-order valence-electron chi connectivity index (χ4n) is 2.32. The Hall–Kier alpha value is -1.80. The van der Waals surface area contributed by atoms with E-state index in [9.17, 15) is 0 Å². The van der Waals surface area contributed by atoms with Gasteiger partial charge in [-0.1, -0.05) is 30.3 Å². The Morgan fingerprint density at radius 2 is 1.80 bits per heavy atom. The minimum Gasteiger partial charge on any atom is -0.490 e. The molecule has 2 heteroatoms. The summed E-state index contributed by atoms with van der Waals surface area (Å²) in [6.45, 7) is 7.13. The molecular formula is C18H23NO. The molecule has 0 amide bonds. The van der Waals surface area contributed by atoms with Gasteiger partial charge in [-0.25, -0.2) is 0 Å². The molecule has 2 aromatic carbocycles. The first-order valence-electron chi connectivity index (χ1n) is 7.12. The second-order valence-corrected chi connectivity index (χ2v) is 5.34. The van der Waals surface area contributed by atoms with Crippen LogP contribution in [0, 0.1) is 6.92 Å². The molecule has 0 radical (unpaired) electrons. The van der Waals surface area contributed by atoms with Crippen LogP contribution in [-0.4, -0.2) is 13.2 Å². The van der Waals surface area contributed by atoms with E-state index in [1.807, 2.05) is 19.2 Å². The van der Waals surface area contributed by atoms with Crippen LogP contribution in [0.2, 0.25) is 0 Å². The predicted molar refractivity (Wildman–Crippen MR) is 85.1 cm³/mol. The summed E-state index contributed by atoms with van der Waals surface area (Å²) in [4.78, 5) is 0. The number of nitrogens with one attached hydrogen (secondary N) is 1. The second-order valence-electron chi connectivity index (χ2n) is 5.34. The SMILES string of the molecule is CNCc1ccc(C)c(-c2ccccc2OC(C)C)c1. The highest BCUT2D eigenvalue weighted by Gasteiger charge is 2.10. The molecule has 0 aliphatic carbocycles. The molecule has 20 heavy (non-hydrogen) atoms. The third-order valence-corrected chi connectivity index (χ3v) is 3.22. The van der Waals surface area contributed by atoms with Crippen LogP contribution >= 0.6 is 0 Å². The van der Waals surface area contributed by atoms with Gasteiger partial charge in [0.2, 0.25) is 0 Å². The van der Waals surface area contributed by atoms with Crippen molar-refractivity contribution in [1.29, 1.82) is 0 Å². The van der Waals surface area contributed by atoms with E-state index in [-0.39, 0.29) is 6.10 Å². The van der Waals surface area contributed by atoms with Crippen LogP contribution in [0.1, 0.15) is 25.0 Å². The van der Waals surface area contributed by atoms with Crippen molar-refractivity contribution in [3.05, 3.63) is 53.6 Å². The lowest BCUT2D eigenvalue weighted by Crippen LogP contribution is -2.07.